The van der Waals surface area contributed by atoms with Gasteiger partial charge in [0, 0.05) is 54.8 Å². The van der Waals surface area contributed by atoms with Crippen LogP contribution in [0.5, 0.6) is 5.75 Å². The fraction of sp³-hybridized carbons (Fsp3) is 0.545. The van der Waals surface area contributed by atoms with E-state index in [0.29, 0.717) is 50.5 Å². The van der Waals surface area contributed by atoms with E-state index in [2.05, 4.69) is 21.2 Å². The van der Waals surface area contributed by atoms with E-state index in [0.717, 1.165) is 86.3 Å². The molecule has 0 bridgehead atoms. The normalized spacial score (nSPS) is 14.7. The molecule has 1 aromatic heterocycles. The van der Waals surface area contributed by atoms with Crippen LogP contribution < -0.4 is 10.1 Å². The highest BCUT2D eigenvalue weighted by Gasteiger charge is 2.23. The van der Waals surface area contributed by atoms with E-state index in [1.54, 1.807) is 6.26 Å². The van der Waals surface area contributed by atoms with Gasteiger partial charge < -0.3 is 28.4 Å². The molecule has 0 aliphatic carbocycles. The minimum Gasteiger partial charge on any atom is -0.493 e. The Morgan fingerprint density at radius 2 is 1.66 bits per heavy atom. The van der Waals surface area contributed by atoms with E-state index in [-0.39, 0.29) is 5.91 Å². The number of furan rings is 1. The van der Waals surface area contributed by atoms with Crippen molar-refractivity contribution in [1.82, 2.24) is 15.1 Å². The summed E-state index contributed by atoms with van der Waals surface area (Å²) in [6.07, 6.45) is 6.85. The minimum absolute atomic E-state index is 0.0458. The Bertz CT molecular complexity index is 1330. The number of fused-ring (bicyclic) bond motifs is 1. The van der Waals surface area contributed by atoms with Crippen molar-refractivity contribution in [2.75, 3.05) is 71.8 Å². The molecule has 0 radical (unpaired) electrons. The molecular weight excluding hydrogens is 601 g/mol. The monoisotopic (exact) mass is 647 g/mol. The van der Waals surface area contributed by atoms with Crippen LogP contribution >= 0.6 is 19.2 Å². The van der Waals surface area contributed by atoms with Crippen molar-refractivity contribution in [1.29, 1.82) is 0 Å². The summed E-state index contributed by atoms with van der Waals surface area (Å²) in [7, 11) is -3.00. The predicted molar refractivity (Wildman–Crippen MR) is 177 cm³/mol. The number of unbranched alkanes of at least 4 members (excludes halogenated alkanes) is 3. The molecule has 1 saturated heterocycles. The molecule has 242 valence electrons. The van der Waals surface area contributed by atoms with Crippen molar-refractivity contribution in [3.05, 3.63) is 53.8 Å². The lowest BCUT2D eigenvalue weighted by Crippen LogP contribution is -2.49. The molecule has 1 N–H and O–H groups in total. The number of halogens is 1. The smallest absolute Gasteiger partial charge is 0.330 e. The molecular formula is C33H47ClN3O6P. The number of piperazine rings is 1. The second kappa shape index (κ2) is 17.9. The van der Waals surface area contributed by atoms with Crippen LogP contribution in [0.15, 0.2) is 53.1 Å². The zero-order valence-electron chi connectivity index (χ0n) is 26.1. The number of hydrogen-bond donors (Lipinski definition) is 1. The lowest BCUT2D eigenvalue weighted by atomic mass is 10.0. The Hall–Kier alpha value is -2.39. The highest BCUT2D eigenvalue weighted by molar-refractivity contribution is 7.53. The maximum absolute atomic E-state index is 12.5. The molecule has 0 saturated carbocycles. The average Bonchev–Trinajstić information content (AvgIpc) is 3.43. The van der Waals surface area contributed by atoms with Gasteiger partial charge in [-0.2, -0.15) is 0 Å². The van der Waals surface area contributed by atoms with Crippen molar-refractivity contribution in [2.24, 2.45) is 0 Å². The standard InChI is InChI=1S/C33H47ClN3O6P/c1-3-42-44(39,43-4-2)23-9-6-16-35-33(38)25-37-20-18-36(19-21-37)17-7-5-8-22-40-29-14-15-30-31(26-41-32(30)24-29)27-10-12-28(34)13-11-27/h10-15,24,26H,3-9,16-23,25H2,1-2H3,(H,35,38). The van der Waals surface area contributed by atoms with Gasteiger partial charge in [0.1, 0.15) is 11.3 Å². The van der Waals surface area contributed by atoms with E-state index in [4.69, 9.17) is 29.8 Å². The molecule has 2 aromatic carbocycles. The third kappa shape index (κ3) is 10.9. The SMILES string of the molecule is CCOP(=O)(CCCCNC(=O)CN1CCN(CCCCCOc2ccc3c(-c4ccc(Cl)cc4)coc3c2)CC1)OCC. The molecule has 11 heteroatoms. The number of benzene rings is 2. The van der Waals surface area contributed by atoms with Crippen LogP contribution in [0.2, 0.25) is 5.02 Å². The molecule has 1 fully saturated rings. The summed E-state index contributed by atoms with van der Waals surface area (Å²) in [6, 6.07) is 13.8. The third-order valence-corrected chi connectivity index (χ3v) is 10.2. The first kappa shape index (κ1) is 34.5. The van der Waals surface area contributed by atoms with E-state index in [1.165, 1.54) is 0 Å². The maximum Gasteiger partial charge on any atom is 0.330 e. The summed E-state index contributed by atoms with van der Waals surface area (Å²) < 4.78 is 34.9. The lowest BCUT2D eigenvalue weighted by molar-refractivity contribution is -0.122. The van der Waals surface area contributed by atoms with Crippen LogP contribution in [0.4, 0.5) is 0 Å². The van der Waals surface area contributed by atoms with Gasteiger partial charge in [-0.15, -0.1) is 0 Å². The number of nitrogens with one attached hydrogen (secondary N) is 1. The summed E-state index contributed by atoms with van der Waals surface area (Å²) in [6.45, 7) is 10.9. The number of carbonyl (C=O) groups excluding carboxylic acids is 1. The van der Waals surface area contributed by atoms with Crippen LogP contribution in [0.25, 0.3) is 22.1 Å². The highest BCUT2D eigenvalue weighted by atomic mass is 35.5. The maximum atomic E-state index is 12.5. The molecule has 1 aliphatic rings. The van der Waals surface area contributed by atoms with Gasteiger partial charge in [0.05, 0.1) is 38.8 Å². The molecule has 2 heterocycles. The summed E-state index contributed by atoms with van der Waals surface area (Å²) in [5, 5.41) is 4.76. The summed E-state index contributed by atoms with van der Waals surface area (Å²) in [5.74, 6) is 0.869. The van der Waals surface area contributed by atoms with Crippen LogP contribution in [0.3, 0.4) is 0 Å². The van der Waals surface area contributed by atoms with E-state index >= 15 is 0 Å². The molecule has 1 amide bonds. The molecule has 44 heavy (non-hydrogen) atoms. The minimum atomic E-state index is -3.00. The number of carbonyl (C=O) groups is 1. The lowest BCUT2D eigenvalue weighted by Gasteiger charge is -2.34. The van der Waals surface area contributed by atoms with Gasteiger partial charge in [0.15, 0.2) is 0 Å². The molecule has 3 aromatic rings. The van der Waals surface area contributed by atoms with Crippen molar-refractivity contribution >= 4 is 36.1 Å². The highest BCUT2D eigenvalue weighted by Crippen LogP contribution is 2.48. The molecule has 0 unspecified atom stereocenters. The molecule has 0 spiro atoms. The van der Waals surface area contributed by atoms with Gasteiger partial charge in [-0.1, -0.05) is 23.7 Å². The number of nitrogens with zero attached hydrogens (tertiary/aromatic N) is 2. The van der Waals surface area contributed by atoms with Crippen LogP contribution in [0.1, 0.15) is 46.0 Å². The quantitative estimate of drug-likeness (QED) is 0.109. The molecule has 0 atom stereocenters. The number of rotatable bonds is 19. The van der Waals surface area contributed by atoms with Crippen molar-refractivity contribution < 1.29 is 27.6 Å². The summed E-state index contributed by atoms with van der Waals surface area (Å²) >= 11 is 6.03. The Balaban J connectivity index is 1.03. The van der Waals surface area contributed by atoms with Gasteiger partial charge >= 0.3 is 7.60 Å². The van der Waals surface area contributed by atoms with Crippen molar-refractivity contribution in [3.63, 3.8) is 0 Å². The third-order valence-electron chi connectivity index (χ3n) is 7.75. The van der Waals surface area contributed by atoms with Gasteiger partial charge in [0.25, 0.3) is 0 Å². The largest absolute Gasteiger partial charge is 0.493 e. The number of amides is 1. The van der Waals surface area contributed by atoms with Crippen LogP contribution in [0, 0.1) is 0 Å². The fourth-order valence-corrected chi connectivity index (χ4v) is 7.26. The second-order valence-corrected chi connectivity index (χ2v) is 13.7. The Morgan fingerprint density at radius 1 is 0.932 bits per heavy atom. The van der Waals surface area contributed by atoms with Gasteiger partial charge in [-0.05, 0) is 82.3 Å². The summed E-state index contributed by atoms with van der Waals surface area (Å²) in [4.78, 5) is 17.1. The first-order chi connectivity index (χ1) is 21.4. The predicted octanol–water partition coefficient (Wildman–Crippen LogP) is 7.08. The first-order valence-corrected chi connectivity index (χ1v) is 18.0. The van der Waals surface area contributed by atoms with Crippen LogP contribution in [-0.4, -0.2) is 87.5 Å². The molecule has 9 nitrogen and oxygen atoms in total. The van der Waals surface area contributed by atoms with Crippen molar-refractivity contribution in [2.45, 2.75) is 46.0 Å². The van der Waals surface area contributed by atoms with Gasteiger partial charge in [0.2, 0.25) is 5.91 Å². The fourth-order valence-electron chi connectivity index (χ4n) is 5.40. The zero-order chi connectivity index (χ0) is 31.2. The van der Waals surface area contributed by atoms with E-state index in [1.807, 2.05) is 50.2 Å². The Kier molecular flexibility index (Phi) is 14.1. The van der Waals surface area contributed by atoms with Crippen LogP contribution in [-0.2, 0) is 18.4 Å². The van der Waals surface area contributed by atoms with E-state index < -0.39 is 7.60 Å². The Morgan fingerprint density at radius 3 is 2.39 bits per heavy atom. The molecule has 1 aliphatic heterocycles. The average molecular weight is 648 g/mol. The number of ether oxygens (including phenoxy) is 1. The zero-order valence-corrected chi connectivity index (χ0v) is 27.8. The molecule has 4 rings (SSSR count). The first-order valence-electron chi connectivity index (χ1n) is 15.9. The van der Waals surface area contributed by atoms with Gasteiger partial charge in [-0.3, -0.25) is 14.3 Å². The second-order valence-electron chi connectivity index (χ2n) is 11.1. The van der Waals surface area contributed by atoms with Gasteiger partial charge in [-0.25, -0.2) is 0 Å². The Labute approximate surface area is 266 Å². The van der Waals surface area contributed by atoms with Crippen molar-refractivity contribution in [3.8, 4) is 16.9 Å². The topological polar surface area (TPSA) is 93.5 Å². The van der Waals surface area contributed by atoms with E-state index in [9.17, 15) is 9.36 Å². The number of hydrogen-bond acceptors (Lipinski definition) is 8. The summed E-state index contributed by atoms with van der Waals surface area (Å²) in [5.41, 5.74) is 2.93.